The topological polar surface area (TPSA) is 88.6 Å². The largest absolute Gasteiger partial charge is 0.497 e. The van der Waals surface area contributed by atoms with Gasteiger partial charge in [-0.15, -0.1) is 11.3 Å². The number of benzene rings is 1. The number of rotatable bonds is 15. The first kappa shape index (κ1) is 28.6. The molecule has 0 aliphatic carbocycles. The lowest BCUT2D eigenvalue weighted by Gasteiger charge is -2.31. The molecule has 1 saturated heterocycles. The number of anilines is 1. The van der Waals surface area contributed by atoms with E-state index in [1.807, 2.05) is 29.6 Å². The van der Waals surface area contributed by atoms with E-state index in [0.717, 1.165) is 62.3 Å². The van der Waals surface area contributed by atoms with Crippen molar-refractivity contribution in [2.24, 2.45) is 0 Å². The van der Waals surface area contributed by atoms with E-state index in [-0.39, 0.29) is 11.2 Å². The number of amides is 1. The molecule has 0 saturated carbocycles. The van der Waals surface area contributed by atoms with Crippen LogP contribution in [0.3, 0.4) is 0 Å². The van der Waals surface area contributed by atoms with Crippen LogP contribution in [0.15, 0.2) is 29.6 Å². The predicted molar refractivity (Wildman–Crippen MR) is 149 cm³/mol. The first-order valence-electron chi connectivity index (χ1n) is 13.2. The highest BCUT2D eigenvalue weighted by Gasteiger charge is 2.29. The molecule has 0 bridgehead atoms. The summed E-state index contributed by atoms with van der Waals surface area (Å²) in [7, 11) is -1.36. The zero-order valence-corrected chi connectivity index (χ0v) is 23.3. The van der Waals surface area contributed by atoms with Gasteiger partial charge in [0.15, 0.2) is 15.0 Å². The highest BCUT2D eigenvalue weighted by molar-refractivity contribution is 7.92. The molecule has 0 atom stereocenters. The van der Waals surface area contributed by atoms with Gasteiger partial charge in [0.25, 0.3) is 0 Å². The van der Waals surface area contributed by atoms with Crippen molar-refractivity contribution in [2.45, 2.75) is 76.4 Å². The second kappa shape index (κ2) is 14.7. The second-order valence-corrected chi connectivity index (χ2v) is 12.9. The molecule has 1 amide bonds. The molecule has 36 heavy (non-hydrogen) atoms. The fraction of sp³-hybridized carbons (Fsp3) is 0.630. The van der Waals surface area contributed by atoms with Gasteiger partial charge in [0.05, 0.1) is 23.8 Å². The van der Waals surface area contributed by atoms with E-state index < -0.39 is 9.84 Å². The van der Waals surface area contributed by atoms with Crippen LogP contribution in [0.25, 0.3) is 11.3 Å². The maximum atomic E-state index is 12.7. The van der Waals surface area contributed by atoms with Crippen LogP contribution in [0.4, 0.5) is 5.13 Å². The Bertz CT molecular complexity index is 1030. The van der Waals surface area contributed by atoms with Gasteiger partial charge in [0.1, 0.15) is 5.75 Å². The number of methoxy groups -OCH3 is 1. The van der Waals surface area contributed by atoms with Gasteiger partial charge in [-0.25, -0.2) is 13.4 Å². The highest BCUT2D eigenvalue weighted by atomic mass is 32.2. The van der Waals surface area contributed by atoms with Gasteiger partial charge < -0.3 is 15.0 Å². The van der Waals surface area contributed by atoms with Gasteiger partial charge in [-0.1, -0.05) is 39.0 Å². The summed E-state index contributed by atoms with van der Waals surface area (Å²) in [5.41, 5.74) is 1.80. The van der Waals surface area contributed by atoms with Crippen molar-refractivity contribution in [3.63, 3.8) is 0 Å². The van der Waals surface area contributed by atoms with Crippen LogP contribution in [0.2, 0.25) is 0 Å². The van der Waals surface area contributed by atoms with Crippen LogP contribution in [0, 0.1) is 0 Å². The number of likely N-dealkylation sites (tertiary alicyclic amines) is 1. The van der Waals surface area contributed by atoms with E-state index >= 15 is 0 Å². The van der Waals surface area contributed by atoms with Gasteiger partial charge in [-0.05, 0) is 69.6 Å². The first-order valence-corrected chi connectivity index (χ1v) is 15.8. The quantitative estimate of drug-likeness (QED) is 0.291. The van der Waals surface area contributed by atoms with Crippen LogP contribution in [0.1, 0.15) is 71.1 Å². The summed E-state index contributed by atoms with van der Waals surface area (Å²) in [4.78, 5) is 19.2. The molecule has 0 radical (unpaired) electrons. The molecule has 1 aliphatic rings. The summed E-state index contributed by atoms with van der Waals surface area (Å²) >= 11 is 1.42. The second-order valence-electron chi connectivity index (χ2n) is 9.59. The Kier molecular flexibility index (Phi) is 11.7. The smallest absolute Gasteiger partial charge is 0.226 e. The Balaban J connectivity index is 1.31. The fourth-order valence-electron chi connectivity index (χ4n) is 4.61. The molecular formula is C27H41N3O4S2. The van der Waals surface area contributed by atoms with Crippen LogP contribution in [-0.4, -0.2) is 62.0 Å². The minimum absolute atomic E-state index is 0.0398. The van der Waals surface area contributed by atoms with E-state index in [1.54, 1.807) is 7.11 Å². The number of hydrogen-bond acceptors (Lipinski definition) is 7. The van der Waals surface area contributed by atoms with Crippen molar-refractivity contribution in [2.75, 3.05) is 37.8 Å². The van der Waals surface area contributed by atoms with Gasteiger partial charge in [-0.2, -0.15) is 0 Å². The molecule has 1 aliphatic heterocycles. The van der Waals surface area contributed by atoms with Crippen LogP contribution >= 0.6 is 11.3 Å². The molecule has 3 rings (SSSR count). The van der Waals surface area contributed by atoms with Crippen molar-refractivity contribution in [3.05, 3.63) is 29.6 Å². The molecule has 2 aromatic rings. The Morgan fingerprint density at radius 2 is 1.78 bits per heavy atom. The van der Waals surface area contributed by atoms with Gasteiger partial charge in [0, 0.05) is 17.4 Å². The van der Waals surface area contributed by atoms with Crippen molar-refractivity contribution in [3.8, 4) is 17.0 Å². The Morgan fingerprint density at radius 3 is 2.47 bits per heavy atom. The monoisotopic (exact) mass is 535 g/mol. The standard InChI is InChI=1S/C27H41N3O4S2/c1-3-4-5-6-7-8-20-36(32,33)24-15-18-30(19-16-24)17-9-10-26(31)29-27-28-25(21-35-27)22-11-13-23(34-2)14-12-22/h11-14,21,24H,3-10,15-20H2,1-2H3,(H,28,29,31). The Labute approximate surface area is 220 Å². The number of unbranched alkanes of at least 4 members (excludes halogenated alkanes) is 5. The summed E-state index contributed by atoms with van der Waals surface area (Å²) in [6.07, 6.45) is 9.19. The number of sulfone groups is 1. The summed E-state index contributed by atoms with van der Waals surface area (Å²) in [5, 5.41) is 5.24. The number of thiazole rings is 1. The zero-order valence-electron chi connectivity index (χ0n) is 21.7. The predicted octanol–water partition coefficient (Wildman–Crippen LogP) is 5.78. The number of nitrogens with one attached hydrogen (secondary N) is 1. The van der Waals surface area contributed by atoms with Crippen molar-refractivity contribution >= 4 is 32.2 Å². The molecule has 1 aromatic heterocycles. The maximum Gasteiger partial charge on any atom is 0.226 e. The summed E-state index contributed by atoms with van der Waals surface area (Å²) in [6.45, 7) is 4.58. The lowest BCUT2D eigenvalue weighted by Crippen LogP contribution is -2.40. The van der Waals surface area contributed by atoms with Crippen LogP contribution in [0.5, 0.6) is 5.75 Å². The van der Waals surface area contributed by atoms with Crippen molar-refractivity contribution in [1.29, 1.82) is 0 Å². The van der Waals surface area contributed by atoms with Crippen molar-refractivity contribution in [1.82, 2.24) is 9.88 Å². The fourth-order valence-corrected chi connectivity index (χ4v) is 7.22. The number of piperidine rings is 1. The molecule has 1 fully saturated rings. The number of nitrogens with zero attached hydrogens (tertiary/aromatic N) is 2. The summed E-state index contributed by atoms with van der Waals surface area (Å²) in [6, 6.07) is 7.67. The molecule has 7 nitrogen and oxygen atoms in total. The molecule has 0 spiro atoms. The first-order chi connectivity index (χ1) is 17.4. The lowest BCUT2D eigenvalue weighted by atomic mass is 10.1. The third-order valence-electron chi connectivity index (χ3n) is 6.84. The average Bonchev–Trinajstić information content (AvgIpc) is 3.35. The van der Waals surface area contributed by atoms with Crippen molar-refractivity contribution < 1.29 is 17.9 Å². The average molecular weight is 536 g/mol. The van der Waals surface area contributed by atoms with E-state index in [2.05, 4.69) is 22.1 Å². The normalized spacial score (nSPS) is 15.2. The van der Waals surface area contributed by atoms with Gasteiger partial charge >= 0.3 is 0 Å². The Morgan fingerprint density at radius 1 is 1.08 bits per heavy atom. The van der Waals surface area contributed by atoms with Gasteiger partial charge in [0.2, 0.25) is 5.91 Å². The minimum atomic E-state index is -2.99. The van der Waals surface area contributed by atoms with E-state index in [1.165, 1.54) is 30.6 Å². The minimum Gasteiger partial charge on any atom is -0.497 e. The number of carbonyl (C=O) groups is 1. The highest BCUT2D eigenvalue weighted by Crippen LogP contribution is 2.26. The summed E-state index contributed by atoms with van der Waals surface area (Å²) in [5.74, 6) is 1.09. The molecule has 1 aromatic carbocycles. The SMILES string of the molecule is CCCCCCCCS(=O)(=O)C1CCN(CCCC(=O)Nc2nc(-c3ccc(OC)cc3)cs2)CC1. The summed E-state index contributed by atoms with van der Waals surface area (Å²) < 4.78 is 30.6. The zero-order chi connectivity index (χ0) is 25.8. The number of aromatic nitrogens is 1. The maximum absolute atomic E-state index is 12.7. The van der Waals surface area contributed by atoms with Crippen LogP contribution in [-0.2, 0) is 14.6 Å². The van der Waals surface area contributed by atoms with E-state index in [0.29, 0.717) is 30.1 Å². The van der Waals surface area contributed by atoms with Crippen LogP contribution < -0.4 is 10.1 Å². The van der Waals surface area contributed by atoms with E-state index in [9.17, 15) is 13.2 Å². The number of carbonyl (C=O) groups excluding carboxylic acids is 1. The third-order valence-corrected chi connectivity index (χ3v) is 9.94. The molecule has 2 heterocycles. The Hall–Kier alpha value is -1.97. The number of hydrogen-bond donors (Lipinski definition) is 1. The molecular weight excluding hydrogens is 494 g/mol. The third kappa shape index (κ3) is 9.16. The van der Waals surface area contributed by atoms with Gasteiger partial charge in [-0.3, -0.25) is 4.79 Å². The molecule has 0 unspecified atom stereocenters. The lowest BCUT2D eigenvalue weighted by molar-refractivity contribution is -0.116. The van der Waals surface area contributed by atoms with E-state index in [4.69, 9.17) is 4.74 Å². The molecule has 1 N–H and O–H groups in total. The number of ether oxygens (including phenoxy) is 1. The molecule has 9 heteroatoms. The molecule has 200 valence electrons.